The van der Waals surface area contributed by atoms with Crippen molar-refractivity contribution in [3.63, 3.8) is 0 Å². The summed E-state index contributed by atoms with van der Waals surface area (Å²) in [5, 5.41) is 8.93. The Balaban J connectivity index is 2.63. The second-order valence-corrected chi connectivity index (χ2v) is 3.61. The molecule has 0 aliphatic rings. The maximum absolute atomic E-state index is 10.9. The number of aromatic amines is 1. The summed E-state index contributed by atoms with van der Waals surface area (Å²) < 4.78 is 0. The number of carbonyl (C=O) groups is 1. The standard InChI is InChI=1S/C10H15NO2/c1-7(2)9(10(12)13)5-8-3-4-11-6-8/h3-4,6-7,9,11H,5H2,1-2H3,(H,12,13). The zero-order valence-electron chi connectivity index (χ0n) is 7.95. The number of aliphatic carboxylic acids is 1. The smallest absolute Gasteiger partial charge is 0.307 e. The van der Waals surface area contributed by atoms with Gasteiger partial charge in [0.15, 0.2) is 0 Å². The molecule has 1 unspecified atom stereocenters. The maximum Gasteiger partial charge on any atom is 0.307 e. The van der Waals surface area contributed by atoms with Crippen molar-refractivity contribution in [2.45, 2.75) is 20.3 Å². The zero-order valence-corrected chi connectivity index (χ0v) is 7.95. The third-order valence-electron chi connectivity index (χ3n) is 2.24. The molecule has 0 aromatic carbocycles. The number of carboxylic acid groups (broad SMARTS) is 1. The quantitative estimate of drug-likeness (QED) is 0.745. The van der Waals surface area contributed by atoms with E-state index in [4.69, 9.17) is 5.11 Å². The van der Waals surface area contributed by atoms with Gasteiger partial charge in [-0.1, -0.05) is 13.8 Å². The molecule has 0 saturated carbocycles. The summed E-state index contributed by atoms with van der Waals surface area (Å²) in [6, 6.07) is 1.92. The zero-order chi connectivity index (χ0) is 9.84. The van der Waals surface area contributed by atoms with Crippen molar-refractivity contribution in [1.82, 2.24) is 4.98 Å². The van der Waals surface area contributed by atoms with E-state index in [0.717, 1.165) is 5.56 Å². The van der Waals surface area contributed by atoms with E-state index in [9.17, 15) is 4.79 Å². The third-order valence-corrected chi connectivity index (χ3v) is 2.24. The minimum absolute atomic E-state index is 0.174. The minimum atomic E-state index is -0.712. The molecular weight excluding hydrogens is 166 g/mol. The van der Waals surface area contributed by atoms with Gasteiger partial charge in [-0.2, -0.15) is 0 Å². The molecule has 1 heterocycles. The first-order valence-electron chi connectivity index (χ1n) is 4.45. The van der Waals surface area contributed by atoms with Gasteiger partial charge in [0.05, 0.1) is 5.92 Å². The highest BCUT2D eigenvalue weighted by Crippen LogP contribution is 2.16. The predicted octanol–water partition coefficient (Wildman–Crippen LogP) is 1.91. The minimum Gasteiger partial charge on any atom is -0.481 e. The molecule has 0 bridgehead atoms. The number of hydrogen-bond donors (Lipinski definition) is 2. The Bertz CT molecular complexity index is 264. The van der Waals surface area contributed by atoms with Gasteiger partial charge in [-0.25, -0.2) is 0 Å². The highest BCUT2D eigenvalue weighted by Gasteiger charge is 2.21. The topological polar surface area (TPSA) is 53.1 Å². The molecule has 1 atom stereocenters. The Morgan fingerprint density at radius 2 is 2.31 bits per heavy atom. The number of rotatable bonds is 4. The van der Waals surface area contributed by atoms with Crippen LogP contribution in [0, 0.1) is 11.8 Å². The average molecular weight is 181 g/mol. The molecule has 0 aliphatic heterocycles. The van der Waals surface area contributed by atoms with Gasteiger partial charge in [0.25, 0.3) is 0 Å². The lowest BCUT2D eigenvalue weighted by atomic mass is 9.90. The highest BCUT2D eigenvalue weighted by atomic mass is 16.4. The van der Waals surface area contributed by atoms with Gasteiger partial charge in [0.2, 0.25) is 0 Å². The molecule has 72 valence electrons. The number of carboxylic acids is 1. The number of H-pyrrole nitrogens is 1. The molecule has 0 fully saturated rings. The van der Waals surface area contributed by atoms with Crippen molar-refractivity contribution in [2.24, 2.45) is 11.8 Å². The summed E-state index contributed by atoms with van der Waals surface area (Å²) in [4.78, 5) is 13.8. The predicted molar refractivity (Wildman–Crippen MR) is 50.5 cm³/mol. The molecule has 0 radical (unpaired) electrons. The SMILES string of the molecule is CC(C)C(Cc1cc[nH]c1)C(=O)O. The van der Waals surface area contributed by atoms with Gasteiger partial charge in [-0.05, 0) is 24.0 Å². The number of hydrogen-bond acceptors (Lipinski definition) is 1. The van der Waals surface area contributed by atoms with Crippen molar-refractivity contribution in [1.29, 1.82) is 0 Å². The van der Waals surface area contributed by atoms with E-state index >= 15 is 0 Å². The van der Waals surface area contributed by atoms with Crippen molar-refractivity contribution in [2.75, 3.05) is 0 Å². The van der Waals surface area contributed by atoms with Crippen LogP contribution in [0.15, 0.2) is 18.5 Å². The first-order valence-corrected chi connectivity index (χ1v) is 4.45. The fraction of sp³-hybridized carbons (Fsp3) is 0.500. The highest BCUT2D eigenvalue weighted by molar-refractivity contribution is 5.70. The molecule has 1 aromatic heterocycles. The molecule has 3 heteroatoms. The van der Waals surface area contributed by atoms with Crippen LogP contribution >= 0.6 is 0 Å². The molecule has 0 spiro atoms. The summed E-state index contributed by atoms with van der Waals surface area (Å²) >= 11 is 0. The van der Waals surface area contributed by atoms with E-state index in [1.165, 1.54) is 0 Å². The van der Waals surface area contributed by atoms with Crippen LogP contribution in [0.3, 0.4) is 0 Å². The molecule has 0 saturated heterocycles. The molecule has 2 N–H and O–H groups in total. The van der Waals surface area contributed by atoms with Crippen LogP contribution in [-0.2, 0) is 11.2 Å². The summed E-state index contributed by atoms with van der Waals surface area (Å²) in [6.45, 7) is 3.87. The first-order chi connectivity index (χ1) is 6.11. The summed E-state index contributed by atoms with van der Waals surface area (Å²) in [7, 11) is 0. The molecule has 13 heavy (non-hydrogen) atoms. The number of nitrogens with one attached hydrogen (secondary N) is 1. The average Bonchev–Trinajstić information content (AvgIpc) is 2.50. The molecular formula is C10H15NO2. The van der Waals surface area contributed by atoms with Gasteiger partial charge < -0.3 is 10.1 Å². The maximum atomic E-state index is 10.9. The largest absolute Gasteiger partial charge is 0.481 e. The summed E-state index contributed by atoms with van der Waals surface area (Å²) in [5.74, 6) is -0.820. The van der Waals surface area contributed by atoms with E-state index in [1.807, 2.05) is 32.3 Å². The Kier molecular flexibility index (Phi) is 3.12. The van der Waals surface area contributed by atoms with Crippen molar-refractivity contribution in [3.8, 4) is 0 Å². The van der Waals surface area contributed by atoms with Crippen LogP contribution in [0.5, 0.6) is 0 Å². The van der Waals surface area contributed by atoms with Crippen LogP contribution in [0.25, 0.3) is 0 Å². The monoisotopic (exact) mass is 181 g/mol. The Hall–Kier alpha value is -1.25. The lowest BCUT2D eigenvalue weighted by Crippen LogP contribution is -2.21. The molecule has 1 aromatic rings. The van der Waals surface area contributed by atoms with E-state index in [1.54, 1.807) is 0 Å². The summed E-state index contributed by atoms with van der Waals surface area (Å²) in [6.07, 6.45) is 4.27. The summed E-state index contributed by atoms with van der Waals surface area (Å²) in [5.41, 5.74) is 1.06. The molecule has 3 nitrogen and oxygen atoms in total. The Morgan fingerprint density at radius 3 is 2.69 bits per heavy atom. The van der Waals surface area contributed by atoms with E-state index in [0.29, 0.717) is 6.42 Å². The second kappa shape index (κ2) is 4.12. The van der Waals surface area contributed by atoms with Gasteiger partial charge in [0, 0.05) is 12.4 Å². The van der Waals surface area contributed by atoms with Gasteiger partial charge in [-0.3, -0.25) is 4.79 Å². The lowest BCUT2D eigenvalue weighted by molar-refractivity contribution is -0.143. The van der Waals surface area contributed by atoms with Crippen molar-refractivity contribution < 1.29 is 9.90 Å². The van der Waals surface area contributed by atoms with Crippen LogP contribution < -0.4 is 0 Å². The molecule has 0 aliphatic carbocycles. The number of aromatic nitrogens is 1. The van der Waals surface area contributed by atoms with Crippen LogP contribution in [-0.4, -0.2) is 16.1 Å². The van der Waals surface area contributed by atoms with Crippen molar-refractivity contribution >= 4 is 5.97 Å². The second-order valence-electron chi connectivity index (χ2n) is 3.61. The Labute approximate surface area is 77.8 Å². The molecule has 0 amide bonds. The molecule has 1 rings (SSSR count). The van der Waals surface area contributed by atoms with E-state index in [-0.39, 0.29) is 11.8 Å². The lowest BCUT2D eigenvalue weighted by Gasteiger charge is -2.14. The van der Waals surface area contributed by atoms with E-state index < -0.39 is 5.97 Å². The van der Waals surface area contributed by atoms with Crippen LogP contribution in [0.4, 0.5) is 0 Å². The van der Waals surface area contributed by atoms with Crippen LogP contribution in [0.2, 0.25) is 0 Å². The Morgan fingerprint density at radius 1 is 1.62 bits per heavy atom. The van der Waals surface area contributed by atoms with Crippen molar-refractivity contribution in [3.05, 3.63) is 24.0 Å². The van der Waals surface area contributed by atoms with Gasteiger partial charge in [-0.15, -0.1) is 0 Å². The first kappa shape index (κ1) is 9.84. The fourth-order valence-electron chi connectivity index (χ4n) is 1.35. The van der Waals surface area contributed by atoms with Crippen LogP contribution in [0.1, 0.15) is 19.4 Å². The fourth-order valence-corrected chi connectivity index (χ4v) is 1.35. The van der Waals surface area contributed by atoms with Gasteiger partial charge in [0.1, 0.15) is 0 Å². The third kappa shape index (κ3) is 2.61. The van der Waals surface area contributed by atoms with E-state index in [2.05, 4.69) is 4.98 Å². The normalized spacial score (nSPS) is 13.2. The van der Waals surface area contributed by atoms with Gasteiger partial charge >= 0.3 is 5.97 Å².